The summed E-state index contributed by atoms with van der Waals surface area (Å²) < 4.78 is 0. The van der Waals surface area contributed by atoms with Crippen LogP contribution >= 0.6 is 11.8 Å². The summed E-state index contributed by atoms with van der Waals surface area (Å²) in [6, 6.07) is 2.55. The number of aliphatic imine (C=N–C) groups is 1. The fourth-order valence-corrected chi connectivity index (χ4v) is 2.78. The highest BCUT2D eigenvalue weighted by Gasteiger charge is 2.20. The predicted octanol–water partition coefficient (Wildman–Crippen LogP) is 2.61. The Labute approximate surface area is 107 Å². The molecule has 0 spiro atoms. The van der Waals surface area contributed by atoms with Gasteiger partial charge in [0.15, 0.2) is 5.17 Å². The molecule has 1 saturated heterocycles. The molecule has 2 rings (SSSR count). The summed E-state index contributed by atoms with van der Waals surface area (Å²) in [7, 11) is 0. The quantitative estimate of drug-likeness (QED) is 0.875. The Morgan fingerprint density at radius 2 is 2.35 bits per heavy atom. The average Bonchev–Trinajstić information content (AvgIpc) is 2.32. The van der Waals surface area contributed by atoms with Crippen molar-refractivity contribution in [2.75, 3.05) is 5.75 Å². The zero-order chi connectivity index (χ0) is 12.3. The Morgan fingerprint density at radius 3 is 3.06 bits per heavy atom. The molecule has 1 aliphatic rings. The van der Waals surface area contributed by atoms with E-state index < -0.39 is 0 Å². The van der Waals surface area contributed by atoms with E-state index in [-0.39, 0.29) is 0 Å². The summed E-state index contributed by atoms with van der Waals surface area (Å²) in [6.45, 7) is 7.31. The zero-order valence-electron chi connectivity index (χ0n) is 10.6. The minimum atomic E-state index is 0.519. The molecule has 0 bridgehead atoms. The van der Waals surface area contributed by atoms with E-state index in [1.165, 1.54) is 11.1 Å². The second-order valence-electron chi connectivity index (χ2n) is 4.64. The van der Waals surface area contributed by atoms with Crippen molar-refractivity contribution in [1.29, 1.82) is 0 Å². The molecule has 2 heterocycles. The van der Waals surface area contributed by atoms with E-state index in [9.17, 15) is 0 Å². The number of aryl methyl sites for hydroxylation is 1. The summed E-state index contributed by atoms with van der Waals surface area (Å²) in [4.78, 5) is 8.77. The Morgan fingerprint density at radius 1 is 1.53 bits per heavy atom. The minimum absolute atomic E-state index is 0.519. The summed E-state index contributed by atoms with van der Waals surface area (Å²) in [5.74, 6) is 1.86. The molecule has 4 heteroatoms. The molecule has 0 aliphatic carbocycles. The number of pyridine rings is 1. The lowest BCUT2D eigenvalue weighted by molar-refractivity contribution is 0.490. The largest absolute Gasteiger partial charge is 0.362 e. The van der Waals surface area contributed by atoms with Crippen LogP contribution in [0.5, 0.6) is 0 Å². The maximum Gasteiger partial charge on any atom is 0.157 e. The first-order chi connectivity index (χ1) is 8.16. The van der Waals surface area contributed by atoms with Crippen molar-refractivity contribution in [2.24, 2.45) is 10.9 Å². The number of aromatic nitrogens is 1. The van der Waals surface area contributed by atoms with Crippen LogP contribution in [0, 0.1) is 12.8 Å². The zero-order valence-corrected chi connectivity index (χ0v) is 11.4. The highest BCUT2D eigenvalue weighted by molar-refractivity contribution is 8.13. The molecule has 1 aliphatic heterocycles. The van der Waals surface area contributed by atoms with E-state index in [0.29, 0.717) is 12.0 Å². The van der Waals surface area contributed by atoms with Crippen LogP contribution in [0.2, 0.25) is 0 Å². The van der Waals surface area contributed by atoms with Crippen molar-refractivity contribution in [3.05, 3.63) is 29.6 Å². The monoisotopic (exact) mass is 249 g/mol. The first-order valence-corrected chi connectivity index (χ1v) is 6.98. The van der Waals surface area contributed by atoms with E-state index in [2.05, 4.69) is 36.1 Å². The maximum atomic E-state index is 4.63. The second-order valence-corrected chi connectivity index (χ2v) is 5.65. The predicted molar refractivity (Wildman–Crippen MR) is 74.3 cm³/mol. The molecule has 1 N–H and O–H groups in total. The highest BCUT2D eigenvalue weighted by Crippen LogP contribution is 2.19. The van der Waals surface area contributed by atoms with Crippen LogP contribution in [-0.4, -0.2) is 21.9 Å². The van der Waals surface area contributed by atoms with Crippen LogP contribution in [0.25, 0.3) is 0 Å². The molecule has 3 nitrogen and oxygen atoms in total. The topological polar surface area (TPSA) is 37.3 Å². The minimum Gasteiger partial charge on any atom is -0.362 e. The summed E-state index contributed by atoms with van der Waals surface area (Å²) in [5, 5.41) is 4.52. The summed E-state index contributed by atoms with van der Waals surface area (Å²) >= 11 is 1.82. The van der Waals surface area contributed by atoms with Crippen LogP contribution in [-0.2, 0) is 6.54 Å². The van der Waals surface area contributed by atoms with Crippen molar-refractivity contribution in [3.63, 3.8) is 0 Å². The fourth-order valence-electron chi connectivity index (χ4n) is 1.64. The molecule has 0 aromatic carbocycles. The molecule has 1 aromatic heterocycles. The summed E-state index contributed by atoms with van der Waals surface area (Å²) in [5.41, 5.74) is 2.46. The Balaban J connectivity index is 2.00. The molecule has 2 atom stereocenters. The lowest BCUT2D eigenvalue weighted by Crippen LogP contribution is -2.41. The van der Waals surface area contributed by atoms with Gasteiger partial charge in [0.05, 0.1) is 6.54 Å². The summed E-state index contributed by atoms with van der Waals surface area (Å²) in [6.07, 6.45) is 3.72. The number of nitrogens with one attached hydrogen (secondary N) is 1. The first-order valence-electron chi connectivity index (χ1n) is 6.00. The SMILES string of the molecule is Cc1ccncc1CN=C1NC(C)C(C)CS1. The Hall–Kier alpha value is -1.03. The molecule has 1 aromatic rings. The molecule has 92 valence electrons. The lowest BCUT2D eigenvalue weighted by atomic mass is 10.1. The van der Waals surface area contributed by atoms with Crippen molar-refractivity contribution >= 4 is 16.9 Å². The van der Waals surface area contributed by atoms with Crippen molar-refractivity contribution in [3.8, 4) is 0 Å². The Bertz CT molecular complexity index is 417. The third kappa shape index (κ3) is 3.22. The van der Waals surface area contributed by atoms with Crippen LogP contribution < -0.4 is 5.32 Å². The number of hydrogen-bond donors (Lipinski definition) is 1. The molecular weight excluding hydrogens is 230 g/mol. The normalized spacial score (nSPS) is 26.9. The highest BCUT2D eigenvalue weighted by atomic mass is 32.2. The van der Waals surface area contributed by atoms with E-state index in [1.54, 1.807) is 0 Å². The number of amidine groups is 1. The van der Waals surface area contributed by atoms with Gasteiger partial charge in [0.25, 0.3) is 0 Å². The van der Waals surface area contributed by atoms with Crippen LogP contribution in [0.4, 0.5) is 0 Å². The third-order valence-corrected chi connectivity index (χ3v) is 4.44. The molecule has 0 saturated carbocycles. The number of nitrogens with zero attached hydrogens (tertiary/aromatic N) is 2. The van der Waals surface area contributed by atoms with E-state index in [1.807, 2.05) is 30.2 Å². The molecule has 0 radical (unpaired) electrons. The number of rotatable bonds is 2. The fraction of sp³-hybridized carbons (Fsp3) is 0.538. The number of thioether (sulfide) groups is 1. The smallest absolute Gasteiger partial charge is 0.157 e. The van der Waals surface area contributed by atoms with Crippen molar-refractivity contribution in [1.82, 2.24) is 10.3 Å². The standard InChI is InChI=1S/C13H19N3S/c1-9-4-5-14-6-12(9)7-15-13-16-11(3)10(2)8-17-13/h4-6,10-11H,7-8H2,1-3H3,(H,15,16). The van der Waals surface area contributed by atoms with Crippen LogP contribution in [0.1, 0.15) is 25.0 Å². The van der Waals surface area contributed by atoms with Gasteiger partial charge in [-0.1, -0.05) is 18.7 Å². The first kappa shape index (κ1) is 12.4. The maximum absolute atomic E-state index is 4.63. The Kier molecular flexibility index (Phi) is 4.05. The van der Waals surface area contributed by atoms with Crippen molar-refractivity contribution < 1.29 is 0 Å². The lowest BCUT2D eigenvalue weighted by Gasteiger charge is -2.28. The average molecular weight is 249 g/mol. The second kappa shape index (κ2) is 5.54. The van der Waals surface area contributed by atoms with Gasteiger partial charge in [-0.3, -0.25) is 9.98 Å². The third-order valence-electron chi connectivity index (χ3n) is 3.23. The van der Waals surface area contributed by atoms with E-state index in [0.717, 1.165) is 17.5 Å². The van der Waals surface area contributed by atoms with Crippen LogP contribution in [0.15, 0.2) is 23.5 Å². The molecule has 0 amide bonds. The van der Waals surface area contributed by atoms with Gasteiger partial charge < -0.3 is 5.32 Å². The van der Waals surface area contributed by atoms with Crippen LogP contribution in [0.3, 0.4) is 0 Å². The van der Waals surface area contributed by atoms with Gasteiger partial charge in [-0.2, -0.15) is 0 Å². The molecule has 17 heavy (non-hydrogen) atoms. The van der Waals surface area contributed by atoms with Gasteiger partial charge in [0.2, 0.25) is 0 Å². The van der Waals surface area contributed by atoms with E-state index in [4.69, 9.17) is 0 Å². The molecular formula is C13H19N3S. The van der Waals surface area contributed by atoms with Gasteiger partial charge in [-0.15, -0.1) is 0 Å². The number of hydrogen-bond acceptors (Lipinski definition) is 3. The van der Waals surface area contributed by atoms with Gasteiger partial charge >= 0.3 is 0 Å². The van der Waals surface area contributed by atoms with E-state index >= 15 is 0 Å². The molecule has 1 fully saturated rings. The van der Waals surface area contributed by atoms with Gasteiger partial charge in [-0.25, -0.2) is 0 Å². The van der Waals surface area contributed by atoms with Gasteiger partial charge in [-0.05, 0) is 37.0 Å². The molecule has 2 unspecified atom stereocenters. The van der Waals surface area contributed by atoms with Gasteiger partial charge in [0.1, 0.15) is 0 Å². The van der Waals surface area contributed by atoms with Gasteiger partial charge in [0, 0.05) is 24.2 Å². The van der Waals surface area contributed by atoms with Crippen molar-refractivity contribution in [2.45, 2.75) is 33.4 Å².